The molecule has 0 aliphatic carbocycles. The third-order valence-electron chi connectivity index (χ3n) is 4.11. The maximum Gasteiger partial charge on any atom is 0.227 e. The Hall–Kier alpha value is -2.27. The maximum atomic E-state index is 12.9. The Morgan fingerprint density at radius 2 is 1.78 bits per heavy atom. The van der Waals surface area contributed by atoms with Gasteiger partial charge >= 0.3 is 0 Å². The zero-order valence-electron chi connectivity index (χ0n) is 13.0. The lowest BCUT2D eigenvalue weighted by molar-refractivity contribution is -0.132. The molecule has 1 amide bonds. The van der Waals surface area contributed by atoms with E-state index in [1.807, 2.05) is 23.1 Å². The summed E-state index contributed by atoms with van der Waals surface area (Å²) in [5, 5.41) is 0. The van der Waals surface area contributed by atoms with Gasteiger partial charge in [0, 0.05) is 38.9 Å². The normalized spacial score (nSPS) is 15.6. The highest BCUT2D eigenvalue weighted by molar-refractivity contribution is 5.78. The van der Waals surface area contributed by atoms with Crippen LogP contribution in [0.15, 0.2) is 48.7 Å². The van der Waals surface area contributed by atoms with E-state index in [1.165, 1.54) is 12.1 Å². The van der Waals surface area contributed by atoms with E-state index in [4.69, 9.17) is 0 Å². The van der Waals surface area contributed by atoms with E-state index in [-0.39, 0.29) is 11.7 Å². The van der Waals surface area contributed by atoms with Crippen molar-refractivity contribution in [3.05, 3.63) is 65.7 Å². The molecule has 1 aromatic carbocycles. The minimum Gasteiger partial charge on any atom is -0.340 e. The molecule has 1 aliphatic heterocycles. The number of nitrogens with zero attached hydrogens (tertiary/aromatic N) is 3. The van der Waals surface area contributed by atoms with Gasteiger partial charge in [-0.15, -0.1) is 0 Å². The second kappa shape index (κ2) is 7.33. The Morgan fingerprint density at radius 3 is 2.43 bits per heavy atom. The molecule has 3 rings (SSSR count). The van der Waals surface area contributed by atoms with Gasteiger partial charge in [0.05, 0.1) is 12.1 Å². The summed E-state index contributed by atoms with van der Waals surface area (Å²) in [5.41, 5.74) is 1.91. The second-order valence-corrected chi connectivity index (χ2v) is 5.78. The molecule has 0 N–H and O–H groups in total. The molecule has 2 heterocycles. The summed E-state index contributed by atoms with van der Waals surface area (Å²) >= 11 is 0. The van der Waals surface area contributed by atoms with E-state index >= 15 is 0 Å². The lowest BCUT2D eigenvalue weighted by Crippen LogP contribution is -2.48. The largest absolute Gasteiger partial charge is 0.340 e. The zero-order valence-corrected chi connectivity index (χ0v) is 13.0. The predicted octanol–water partition coefficient (Wildman–Crippen LogP) is 2.11. The van der Waals surface area contributed by atoms with Gasteiger partial charge in [0.1, 0.15) is 5.82 Å². The summed E-state index contributed by atoms with van der Waals surface area (Å²) < 4.78 is 12.9. The smallest absolute Gasteiger partial charge is 0.227 e. The summed E-state index contributed by atoms with van der Waals surface area (Å²) in [5.74, 6) is -0.168. The number of amides is 1. The van der Waals surface area contributed by atoms with Gasteiger partial charge in [-0.3, -0.25) is 14.7 Å². The third kappa shape index (κ3) is 4.36. The molecule has 1 fully saturated rings. The van der Waals surface area contributed by atoms with Gasteiger partial charge < -0.3 is 4.90 Å². The van der Waals surface area contributed by atoms with Crippen LogP contribution in [0.25, 0.3) is 0 Å². The summed E-state index contributed by atoms with van der Waals surface area (Å²) in [6, 6.07) is 12.1. The molecule has 5 heteroatoms. The first kappa shape index (κ1) is 15.6. The van der Waals surface area contributed by atoms with E-state index in [0.29, 0.717) is 6.42 Å². The summed E-state index contributed by atoms with van der Waals surface area (Å²) in [7, 11) is 0. The summed E-state index contributed by atoms with van der Waals surface area (Å²) in [6.07, 6.45) is 2.14. The Labute approximate surface area is 135 Å². The molecule has 0 spiro atoms. The van der Waals surface area contributed by atoms with E-state index in [9.17, 15) is 9.18 Å². The number of hydrogen-bond donors (Lipinski definition) is 0. The van der Waals surface area contributed by atoms with Crippen LogP contribution in [-0.2, 0) is 17.8 Å². The van der Waals surface area contributed by atoms with Crippen LogP contribution in [0.1, 0.15) is 11.3 Å². The van der Waals surface area contributed by atoms with E-state index in [1.54, 1.807) is 18.3 Å². The van der Waals surface area contributed by atoms with Gasteiger partial charge in [-0.25, -0.2) is 4.39 Å². The van der Waals surface area contributed by atoms with E-state index in [2.05, 4.69) is 9.88 Å². The van der Waals surface area contributed by atoms with Crippen LogP contribution in [0.2, 0.25) is 0 Å². The number of carbonyl (C=O) groups excluding carboxylic acids is 1. The molecule has 2 aromatic rings. The molecule has 0 bridgehead atoms. The zero-order chi connectivity index (χ0) is 16.1. The highest BCUT2D eigenvalue weighted by Gasteiger charge is 2.21. The third-order valence-corrected chi connectivity index (χ3v) is 4.11. The molecular formula is C18H20FN3O. The fourth-order valence-electron chi connectivity index (χ4n) is 2.76. The van der Waals surface area contributed by atoms with Gasteiger partial charge in [-0.1, -0.05) is 18.2 Å². The average Bonchev–Trinajstić information content (AvgIpc) is 2.58. The number of carbonyl (C=O) groups is 1. The monoisotopic (exact) mass is 313 g/mol. The number of hydrogen-bond acceptors (Lipinski definition) is 3. The van der Waals surface area contributed by atoms with Crippen molar-refractivity contribution in [2.75, 3.05) is 26.2 Å². The van der Waals surface area contributed by atoms with Crippen molar-refractivity contribution < 1.29 is 9.18 Å². The highest BCUT2D eigenvalue weighted by atomic mass is 19.1. The molecular weight excluding hydrogens is 293 g/mol. The van der Waals surface area contributed by atoms with E-state index < -0.39 is 0 Å². The topological polar surface area (TPSA) is 36.4 Å². The molecule has 0 atom stereocenters. The van der Waals surface area contributed by atoms with Crippen molar-refractivity contribution in [2.45, 2.75) is 13.0 Å². The van der Waals surface area contributed by atoms with Crippen LogP contribution in [-0.4, -0.2) is 46.9 Å². The van der Waals surface area contributed by atoms with Gasteiger partial charge in [0.25, 0.3) is 0 Å². The number of aromatic nitrogens is 1. The minimum atomic E-state index is -0.274. The number of halogens is 1. The van der Waals surface area contributed by atoms with Crippen LogP contribution in [0.5, 0.6) is 0 Å². The molecule has 1 aromatic heterocycles. The summed E-state index contributed by atoms with van der Waals surface area (Å²) in [4.78, 5) is 20.9. The number of benzene rings is 1. The number of piperazine rings is 1. The lowest BCUT2D eigenvalue weighted by atomic mass is 10.1. The minimum absolute atomic E-state index is 0.106. The Kier molecular flexibility index (Phi) is 4.98. The Morgan fingerprint density at radius 1 is 1.04 bits per heavy atom. The molecule has 0 unspecified atom stereocenters. The standard InChI is InChI=1S/C18H20FN3O/c19-16-6-4-15(5-7-16)13-18(23)22-11-9-21(10-12-22)14-17-3-1-2-8-20-17/h1-8H,9-14H2. The molecule has 23 heavy (non-hydrogen) atoms. The van der Waals surface area contributed by atoms with Crippen LogP contribution in [0.4, 0.5) is 4.39 Å². The van der Waals surface area contributed by atoms with Gasteiger partial charge in [-0.2, -0.15) is 0 Å². The van der Waals surface area contributed by atoms with Crippen LogP contribution in [0, 0.1) is 5.82 Å². The van der Waals surface area contributed by atoms with Gasteiger partial charge in [-0.05, 0) is 29.8 Å². The van der Waals surface area contributed by atoms with Crippen molar-refractivity contribution >= 4 is 5.91 Å². The molecule has 1 saturated heterocycles. The van der Waals surface area contributed by atoms with Gasteiger partial charge in [0.15, 0.2) is 0 Å². The van der Waals surface area contributed by atoms with Crippen molar-refractivity contribution in [1.29, 1.82) is 0 Å². The van der Waals surface area contributed by atoms with Crippen molar-refractivity contribution in [1.82, 2.24) is 14.8 Å². The summed E-state index contributed by atoms with van der Waals surface area (Å²) in [6.45, 7) is 3.98. The van der Waals surface area contributed by atoms with Crippen LogP contribution >= 0.6 is 0 Å². The SMILES string of the molecule is O=C(Cc1ccc(F)cc1)N1CCN(Cc2ccccn2)CC1. The molecule has 120 valence electrons. The Balaban J connectivity index is 1.48. The van der Waals surface area contributed by atoms with E-state index in [0.717, 1.165) is 44.0 Å². The number of pyridine rings is 1. The first-order valence-electron chi connectivity index (χ1n) is 7.85. The molecule has 4 nitrogen and oxygen atoms in total. The molecule has 0 radical (unpaired) electrons. The fraction of sp³-hybridized carbons (Fsp3) is 0.333. The van der Waals surface area contributed by atoms with Crippen LogP contribution in [0.3, 0.4) is 0 Å². The second-order valence-electron chi connectivity index (χ2n) is 5.78. The highest BCUT2D eigenvalue weighted by Crippen LogP contribution is 2.10. The van der Waals surface area contributed by atoms with Crippen molar-refractivity contribution in [3.63, 3.8) is 0 Å². The van der Waals surface area contributed by atoms with Crippen LogP contribution < -0.4 is 0 Å². The van der Waals surface area contributed by atoms with Crippen molar-refractivity contribution in [3.8, 4) is 0 Å². The lowest BCUT2D eigenvalue weighted by Gasteiger charge is -2.34. The van der Waals surface area contributed by atoms with Gasteiger partial charge in [0.2, 0.25) is 5.91 Å². The fourth-order valence-corrected chi connectivity index (χ4v) is 2.76. The predicted molar refractivity (Wildman–Crippen MR) is 86.2 cm³/mol. The Bertz CT molecular complexity index is 637. The first-order chi connectivity index (χ1) is 11.2. The quantitative estimate of drug-likeness (QED) is 0.867. The maximum absolute atomic E-state index is 12.9. The molecule has 1 aliphatic rings. The molecule has 0 saturated carbocycles. The first-order valence-corrected chi connectivity index (χ1v) is 7.85. The van der Waals surface area contributed by atoms with Crippen molar-refractivity contribution in [2.24, 2.45) is 0 Å². The average molecular weight is 313 g/mol. The number of rotatable bonds is 4.